The molecule has 0 aliphatic rings. The number of carbonyl (C=O) groups excluding carboxylic acids is 1. The van der Waals surface area contributed by atoms with E-state index in [0.29, 0.717) is 12.1 Å². The number of halogens is 1. The lowest BCUT2D eigenvalue weighted by Gasteiger charge is -2.05. The van der Waals surface area contributed by atoms with Crippen LogP contribution in [0.25, 0.3) is 5.52 Å². The Labute approximate surface area is 115 Å². The van der Waals surface area contributed by atoms with Gasteiger partial charge >= 0.3 is 0 Å². The summed E-state index contributed by atoms with van der Waals surface area (Å²) in [5.41, 5.74) is 3.21. The largest absolute Gasteiger partial charge is 0.300 e. The summed E-state index contributed by atoms with van der Waals surface area (Å²) in [4.78, 5) is 15.5. The Morgan fingerprint density at radius 3 is 2.65 bits per heavy atom. The zero-order chi connectivity index (χ0) is 14.1. The second-order valence-electron chi connectivity index (χ2n) is 4.72. The van der Waals surface area contributed by atoms with Crippen molar-refractivity contribution in [3.05, 3.63) is 71.1 Å². The molecule has 0 saturated carbocycles. The molecule has 0 saturated heterocycles. The molecule has 0 unspecified atom stereocenters. The summed E-state index contributed by atoms with van der Waals surface area (Å²) in [5, 5.41) is 0. The van der Waals surface area contributed by atoms with Crippen molar-refractivity contribution in [3.63, 3.8) is 0 Å². The molecule has 0 bridgehead atoms. The number of hydrogen-bond acceptors (Lipinski definition) is 2. The zero-order valence-corrected chi connectivity index (χ0v) is 11.0. The molecule has 2 heterocycles. The first kappa shape index (κ1) is 12.5. The molecule has 0 aliphatic carbocycles. The summed E-state index contributed by atoms with van der Waals surface area (Å²) in [6.07, 6.45) is 1.32. The summed E-state index contributed by atoms with van der Waals surface area (Å²) in [6.45, 7) is 1.97. The molecule has 0 atom stereocenters. The van der Waals surface area contributed by atoms with Crippen molar-refractivity contribution < 1.29 is 9.18 Å². The predicted octanol–water partition coefficient (Wildman–Crippen LogP) is 3.19. The molecule has 20 heavy (non-hydrogen) atoms. The van der Waals surface area contributed by atoms with E-state index < -0.39 is 0 Å². The summed E-state index contributed by atoms with van der Waals surface area (Å²) in [6, 6.07) is 12.1. The minimum Gasteiger partial charge on any atom is -0.300 e. The van der Waals surface area contributed by atoms with E-state index in [9.17, 15) is 9.18 Å². The SMILES string of the molecule is Cc1cccc2c(C=O)nc(Cc3ccc(F)cc3)n12. The van der Waals surface area contributed by atoms with Crippen molar-refractivity contribution in [2.45, 2.75) is 13.3 Å². The van der Waals surface area contributed by atoms with Crippen LogP contribution in [0, 0.1) is 12.7 Å². The number of fused-ring (bicyclic) bond motifs is 1. The predicted molar refractivity (Wildman–Crippen MR) is 74.5 cm³/mol. The number of benzene rings is 1. The monoisotopic (exact) mass is 268 g/mol. The topological polar surface area (TPSA) is 34.4 Å². The Hall–Kier alpha value is -2.49. The number of rotatable bonds is 3. The number of imidazole rings is 1. The lowest BCUT2D eigenvalue weighted by molar-refractivity contribution is 0.112. The van der Waals surface area contributed by atoms with Gasteiger partial charge in [0.2, 0.25) is 0 Å². The Morgan fingerprint density at radius 2 is 1.95 bits per heavy atom. The van der Waals surface area contributed by atoms with E-state index in [1.165, 1.54) is 12.1 Å². The van der Waals surface area contributed by atoms with Crippen LogP contribution in [0.5, 0.6) is 0 Å². The van der Waals surface area contributed by atoms with Crippen molar-refractivity contribution in [1.82, 2.24) is 9.38 Å². The fourth-order valence-electron chi connectivity index (χ4n) is 2.40. The Balaban J connectivity index is 2.11. The smallest absolute Gasteiger partial charge is 0.170 e. The fourth-order valence-corrected chi connectivity index (χ4v) is 2.40. The van der Waals surface area contributed by atoms with Gasteiger partial charge in [-0.05, 0) is 36.8 Å². The van der Waals surface area contributed by atoms with Gasteiger partial charge in [-0.3, -0.25) is 9.20 Å². The summed E-state index contributed by atoms with van der Waals surface area (Å²) < 4.78 is 14.9. The molecular weight excluding hydrogens is 255 g/mol. The summed E-state index contributed by atoms with van der Waals surface area (Å²) >= 11 is 0. The molecule has 3 aromatic rings. The molecule has 0 spiro atoms. The van der Waals surface area contributed by atoms with Gasteiger partial charge in [-0.1, -0.05) is 18.2 Å². The van der Waals surface area contributed by atoms with Gasteiger partial charge < -0.3 is 0 Å². The van der Waals surface area contributed by atoms with Gasteiger partial charge in [0.25, 0.3) is 0 Å². The highest BCUT2D eigenvalue weighted by Gasteiger charge is 2.12. The molecule has 4 heteroatoms. The molecule has 0 N–H and O–H groups in total. The number of aldehydes is 1. The van der Waals surface area contributed by atoms with Crippen LogP contribution >= 0.6 is 0 Å². The van der Waals surface area contributed by atoms with E-state index in [2.05, 4.69) is 4.98 Å². The van der Waals surface area contributed by atoms with E-state index in [0.717, 1.165) is 28.9 Å². The van der Waals surface area contributed by atoms with Gasteiger partial charge in [0, 0.05) is 12.1 Å². The molecular formula is C16H13FN2O. The van der Waals surface area contributed by atoms with Crippen molar-refractivity contribution in [2.24, 2.45) is 0 Å². The lowest BCUT2D eigenvalue weighted by Crippen LogP contribution is -1.99. The normalized spacial score (nSPS) is 10.9. The number of pyridine rings is 1. The van der Waals surface area contributed by atoms with Crippen molar-refractivity contribution in [1.29, 1.82) is 0 Å². The van der Waals surface area contributed by atoms with Crippen LogP contribution in [-0.4, -0.2) is 15.7 Å². The molecule has 0 amide bonds. The van der Waals surface area contributed by atoms with Crippen LogP contribution in [0.15, 0.2) is 42.5 Å². The van der Waals surface area contributed by atoms with Gasteiger partial charge in [-0.25, -0.2) is 9.37 Å². The molecule has 3 nitrogen and oxygen atoms in total. The molecule has 1 aromatic carbocycles. The number of aryl methyl sites for hydroxylation is 1. The van der Waals surface area contributed by atoms with Crippen LogP contribution < -0.4 is 0 Å². The highest BCUT2D eigenvalue weighted by atomic mass is 19.1. The van der Waals surface area contributed by atoms with E-state index in [4.69, 9.17) is 0 Å². The van der Waals surface area contributed by atoms with E-state index >= 15 is 0 Å². The van der Waals surface area contributed by atoms with Crippen LogP contribution in [0.4, 0.5) is 4.39 Å². The van der Waals surface area contributed by atoms with E-state index in [-0.39, 0.29) is 5.82 Å². The number of nitrogens with zero attached hydrogens (tertiary/aromatic N) is 2. The van der Waals surface area contributed by atoms with Crippen LogP contribution in [-0.2, 0) is 6.42 Å². The molecule has 100 valence electrons. The highest BCUT2D eigenvalue weighted by Crippen LogP contribution is 2.17. The third-order valence-corrected chi connectivity index (χ3v) is 3.34. The van der Waals surface area contributed by atoms with Crippen LogP contribution in [0.2, 0.25) is 0 Å². The van der Waals surface area contributed by atoms with Crippen molar-refractivity contribution >= 4 is 11.8 Å². The van der Waals surface area contributed by atoms with Crippen molar-refractivity contribution in [2.75, 3.05) is 0 Å². The Morgan fingerprint density at radius 1 is 1.20 bits per heavy atom. The quantitative estimate of drug-likeness (QED) is 0.684. The molecule has 0 fully saturated rings. The third-order valence-electron chi connectivity index (χ3n) is 3.34. The van der Waals surface area contributed by atoms with Gasteiger partial charge in [0.05, 0.1) is 5.52 Å². The second kappa shape index (κ2) is 4.89. The van der Waals surface area contributed by atoms with Crippen LogP contribution in [0.1, 0.15) is 27.6 Å². The first-order valence-corrected chi connectivity index (χ1v) is 6.35. The third kappa shape index (κ3) is 2.09. The Bertz CT molecular complexity index is 775. The number of hydrogen-bond donors (Lipinski definition) is 0. The molecule has 0 radical (unpaired) electrons. The summed E-state index contributed by atoms with van der Waals surface area (Å²) in [7, 11) is 0. The fraction of sp³-hybridized carbons (Fsp3) is 0.125. The maximum absolute atomic E-state index is 12.9. The van der Waals surface area contributed by atoms with Crippen LogP contribution in [0.3, 0.4) is 0 Å². The van der Waals surface area contributed by atoms with E-state index in [1.54, 1.807) is 12.1 Å². The molecule has 3 rings (SSSR count). The number of carbonyl (C=O) groups is 1. The average molecular weight is 268 g/mol. The first-order valence-electron chi connectivity index (χ1n) is 6.35. The molecule has 0 aliphatic heterocycles. The standard InChI is InChI=1S/C16H13FN2O/c1-11-3-2-4-15-14(10-20)18-16(19(11)15)9-12-5-7-13(17)8-6-12/h2-8,10H,9H2,1H3. The molecule has 2 aromatic heterocycles. The van der Waals surface area contributed by atoms with Gasteiger partial charge in [0.1, 0.15) is 17.3 Å². The Kier molecular flexibility index (Phi) is 3.06. The highest BCUT2D eigenvalue weighted by molar-refractivity contribution is 5.84. The van der Waals surface area contributed by atoms with Gasteiger partial charge in [0.15, 0.2) is 6.29 Å². The van der Waals surface area contributed by atoms with Crippen molar-refractivity contribution in [3.8, 4) is 0 Å². The lowest BCUT2D eigenvalue weighted by atomic mass is 10.1. The second-order valence-corrected chi connectivity index (χ2v) is 4.72. The van der Waals surface area contributed by atoms with Gasteiger partial charge in [-0.2, -0.15) is 0 Å². The first-order chi connectivity index (χ1) is 9.69. The maximum atomic E-state index is 12.9. The zero-order valence-electron chi connectivity index (χ0n) is 11.0. The number of aromatic nitrogens is 2. The summed E-state index contributed by atoms with van der Waals surface area (Å²) in [5.74, 6) is 0.526. The van der Waals surface area contributed by atoms with E-state index in [1.807, 2.05) is 29.5 Å². The average Bonchev–Trinajstić information content (AvgIpc) is 2.81. The minimum atomic E-state index is -0.258. The maximum Gasteiger partial charge on any atom is 0.170 e. The van der Waals surface area contributed by atoms with Gasteiger partial charge in [-0.15, -0.1) is 0 Å². The minimum absolute atomic E-state index is 0.258.